The third kappa shape index (κ3) is 4.91. The molecule has 2 heterocycles. The highest BCUT2D eigenvalue weighted by molar-refractivity contribution is 5.84. The van der Waals surface area contributed by atoms with Gasteiger partial charge in [-0.05, 0) is 35.4 Å². The molecule has 0 unspecified atom stereocenters. The van der Waals surface area contributed by atoms with Gasteiger partial charge in [-0.15, -0.1) is 0 Å². The van der Waals surface area contributed by atoms with Crippen LogP contribution in [0.5, 0.6) is 23.0 Å². The van der Waals surface area contributed by atoms with Crippen molar-refractivity contribution >= 4 is 11.9 Å². The molecule has 0 radical (unpaired) electrons. The second-order valence-corrected chi connectivity index (χ2v) is 6.31. The number of allylic oxidation sites excluding steroid dienone is 2. The van der Waals surface area contributed by atoms with Crippen molar-refractivity contribution in [2.24, 2.45) is 0 Å². The van der Waals surface area contributed by atoms with Gasteiger partial charge in [0.15, 0.2) is 23.0 Å². The third-order valence-corrected chi connectivity index (χ3v) is 4.21. The first-order chi connectivity index (χ1) is 14.7. The first-order valence-electron chi connectivity index (χ1n) is 9.13. The lowest BCUT2D eigenvalue weighted by molar-refractivity contribution is -0.140. The van der Waals surface area contributed by atoms with Crippen LogP contribution in [0.4, 0.5) is 0 Å². The lowest BCUT2D eigenvalue weighted by atomic mass is 10.2. The molecule has 0 saturated heterocycles. The van der Waals surface area contributed by atoms with E-state index in [4.69, 9.17) is 28.4 Å². The van der Waals surface area contributed by atoms with Gasteiger partial charge in [-0.1, -0.05) is 24.3 Å². The molecule has 0 N–H and O–H groups in total. The van der Waals surface area contributed by atoms with Crippen LogP contribution in [0.25, 0.3) is 0 Å². The molecule has 0 fully saturated rings. The second-order valence-electron chi connectivity index (χ2n) is 6.31. The standard InChI is InChI=1S/C22H18O8/c23-21(25-11-15-5-7-17-19(9-15)29-13-27-17)3-1-2-4-22(24)26-12-16-6-8-18-20(10-16)30-14-28-18/h1-10H,11-14H2/b3-1+,4-2+. The Kier molecular flexibility index (Phi) is 5.84. The Bertz CT molecular complexity index is 927. The molecule has 2 aromatic carbocycles. The zero-order valence-corrected chi connectivity index (χ0v) is 15.9. The van der Waals surface area contributed by atoms with Crippen LogP contribution in [0, 0.1) is 0 Å². The Hall–Kier alpha value is -3.94. The molecule has 0 aromatic heterocycles. The van der Waals surface area contributed by atoms with Gasteiger partial charge in [-0.2, -0.15) is 0 Å². The van der Waals surface area contributed by atoms with E-state index < -0.39 is 11.9 Å². The summed E-state index contributed by atoms with van der Waals surface area (Å²) in [5.74, 6) is 1.51. The van der Waals surface area contributed by atoms with E-state index in [2.05, 4.69) is 0 Å². The maximum absolute atomic E-state index is 11.8. The molecular weight excluding hydrogens is 392 g/mol. The van der Waals surface area contributed by atoms with Gasteiger partial charge in [-0.3, -0.25) is 0 Å². The van der Waals surface area contributed by atoms with Crippen molar-refractivity contribution in [1.82, 2.24) is 0 Å². The van der Waals surface area contributed by atoms with Crippen molar-refractivity contribution in [3.63, 3.8) is 0 Å². The Balaban J connectivity index is 1.18. The molecule has 0 bridgehead atoms. The molecule has 0 saturated carbocycles. The molecule has 2 aliphatic rings. The summed E-state index contributed by atoms with van der Waals surface area (Å²) in [6, 6.07) is 10.6. The van der Waals surface area contributed by atoms with Crippen LogP contribution in [-0.2, 0) is 32.3 Å². The maximum atomic E-state index is 11.8. The van der Waals surface area contributed by atoms with Crippen molar-refractivity contribution in [3.05, 3.63) is 71.8 Å². The minimum absolute atomic E-state index is 0.0983. The maximum Gasteiger partial charge on any atom is 0.331 e. The third-order valence-electron chi connectivity index (χ3n) is 4.21. The van der Waals surface area contributed by atoms with Crippen molar-refractivity contribution in [2.45, 2.75) is 13.2 Å². The van der Waals surface area contributed by atoms with Gasteiger partial charge in [-0.25, -0.2) is 9.59 Å². The van der Waals surface area contributed by atoms with Gasteiger partial charge in [0.1, 0.15) is 13.2 Å². The quantitative estimate of drug-likeness (QED) is 0.391. The molecule has 8 nitrogen and oxygen atoms in total. The Morgan fingerprint density at radius 2 is 1.13 bits per heavy atom. The molecule has 154 valence electrons. The van der Waals surface area contributed by atoms with Crippen LogP contribution < -0.4 is 18.9 Å². The van der Waals surface area contributed by atoms with E-state index in [-0.39, 0.29) is 26.8 Å². The van der Waals surface area contributed by atoms with Crippen molar-refractivity contribution < 1.29 is 38.0 Å². The lowest BCUT2D eigenvalue weighted by Crippen LogP contribution is -2.01. The number of hydrogen-bond acceptors (Lipinski definition) is 8. The molecule has 30 heavy (non-hydrogen) atoms. The molecule has 4 rings (SSSR count). The summed E-state index contributed by atoms with van der Waals surface area (Å²) in [4.78, 5) is 23.5. The van der Waals surface area contributed by atoms with Gasteiger partial charge in [0.25, 0.3) is 0 Å². The fraction of sp³-hybridized carbons (Fsp3) is 0.182. The van der Waals surface area contributed by atoms with E-state index in [1.807, 2.05) is 0 Å². The van der Waals surface area contributed by atoms with Crippen molar-refractivity contribution in [2.75, 3.05) is 13.6 Å². The zero-order chi connectivity index (χ0) is 20.8. The smallest absolute Gasteiger partial charge is 0.331 e. The van der Waals surface area contributed by atoms with E-state index in [0.29, 0.717) is 23.0 Å². The van der Waals surface area contributed by atoms with E-state index in [1.165, 1.54) is 24.3 Å². The van der Waals surface area contributed by atoms with Crippen LogP contribution in [0.15, 0.2) is 60.7 Å². The molecule has 0 aliphatic carbocycles. The lowest BCUT2D eigenvalue weighted by Gasteiger charge is -2.03. The number of benzene rings is 2. The predicted octanol–water partition coefficient (Wildman–Crippen LogP) is 3.04. The molecule has 8 heteroatoms. The zero-order valence-electron chi connectivity index (χ0n) is 15.9. The van der Waals surface area contributed by atoms with Gasteiger partial charge in [0, 0.05) is 12.2 Å². The average Bonchev–Trinajstić information content (AvgIpc) is 3.42. The fourth-order valence-corrected chi connectivity index (χ4v) is 2.73. The van der Waals surface area contributed by atoms with Crippen LogP contribution >= 0.6 is 0 Å². The normalized spacial score (nSPS) is 13.7. The van der Waals surface area contributed by atoms with Gasteiger partial charge in [0.2, 0.25) is 13.6 Å². The molecule has 0 spiro atoms. The number of fused-ring (bicyclic) bond motifs is 2. The predicted molar refractivity (Wildman–Crippen MR) is 103 cm³/mol. The van der Waals surface area contributed by atoms with Crippen LogP contribution in [0.1, 0.15) is 11.1 Å². The summed E-state index contributed by atoms with van der Waals surface area (Å²) in [6.07, 6.45) is 5.25. The largest absolute Gasteiger partial charge is 0.458 e. The van der Waals surface area contributed by atoms with E-state index in [1.54, 1.807) is 36.4 Å². The van der Waals surface area contributed by atoms with Crippen LogP contribution in [0.2, 0.25) is 0 Å². The first kappa shape index (κ1) is 19.4. The molecule has 2 aromatic rings. The molecule has 2 aliphatic heterocycles. The summed E-state index contributed by atoms with van der Waals surface area (Å²) < 4.78 is 31.3. The summed E-state index contributed by atoms with van der Waals surface area (Å²) in [6.45, 7) is 0.571. The highest BCUT2D eigenvalue weighted by atomic mass is 16.7. The van der Waals surface area contributed by atoms with Crippen molar-refractivity contribution in [1.29, 1.82) is 0 Å². The van der Waals surface area contributed by atoms with Gasteiger partial charge < -0.3 is 28.4 Å². The highest BCUT2D eigenvalue weighted by Crippen LogP contribution is 2.33. The number of esters is 2. The molecule has 0 amide bonds. The fourth-order valence-electron chi connectivity index (χ4n) is 2.73. The number of carbonyl (C=O) groups is 2. The second kappa shape index (κ2) is 9.04. The van der Waals surface area contributed by atoms with E-state index in [0.717, 1.165) is 11.1 Å². The number of ether oxygens (including phenoxy) is 6. The minimum Gasteiger partial charge on any atom is -0.458 e. The summed E-state index contributed by atoms with van der Waals surface area (Å²) in [5.41, 5.74) is 1.56. The number of rotatable bonds is 7. The van der Waals surface area contributed by atoms with Crippen LogP contribution in [0.3, 0.4) is 0 Å². The molecular formula is C22H18O8. The molecule has 0 atom stereocenters. The SMILES string of the molecule is O=C(/C=C/C=C/C(=O)OCc1ccc2c(c1)OCO2)OCc1ccc2c(c1)OCO2. The Morgan fingerprint density at radius 3 is 1.60 bits per heavy atom. The summed E-state index contributed by atoms with van der Waals surface area (Å²) in [7, 11) is 0. The first-order valence-corrected chi connectivity index (χ1v) is 9.13. The summed E-state index contributed by atoms with van der Waals surface area (Å²) >= 11 is 0. The number of hydrogen-bond donors (Lipinski definition) is 0. The van der Waals surface area contributed by atoms with Gasteiger partial charge in [0.05, 0.1) is 0 Å². The van der Waals surface area contributed by atoms with Crippen LogP contribution in [-0.4, -0.2) is 25.5 Å². The van der Waals surface area contributed by atoms with Crippen molar-refractivity contribution in [3.8, 4) is 23.0 Å². The minimum atomic E-state index is -0.536. The highest BCUT2D eigenvalue weighted by Gasteiger charge is 2.14. The summed E-state index contributed by atoms with van der Waals surface area (Å²) in [5, 5.41) is 0. The average molecular weight is 410 g/mol. The number of carbonyl (C=O) groups excluding carboxylic acids is 2. The van der Waals surface area contributed by atoms with E-state index >= 15 is 0 Å². The van der Waals surface area contributed by atoms with E-state index in [9.17, 15) is 9.59 Å². The monoisotopic (exact) mass is 410 g/mol. The topological polar surface area (TPSA) is 89.5 Å². The Morgan fingerprint density at radius 1 is 0.700 bits per heavy atom. The van der Waals surface area contributed by atoms with Gasteiger partial charge >= 0.3 is 11.9 Å². The Labute approximate surface area is 172 Å².